The molecule has 3 heteroatoms. The highest BCUT2D eigenvalue weighted by Gasteiger charge is 2.21. The largest absolute Gasteiger partial charge is 0.474 e. The summed E-state index contributed by atoms with van der Waals surface area (Å²) >= 11 is 0. The molecular formula is C21H18N2O. The summed E-state index contributed by atoms with van der Waals surface area (Å²) in [5.41, 5.74) is 4.11. The van der Waals surface area contributed by atoms with Gasteiger partial charge >= 0.3 is 0 Å². The number of hydrogen-bond acceptors (Lipinski definition) is 3. The van der Waals surface area contributed by atoms with Crippen molar-refractivity contribution in [2.75, 3.05) is 6.61 Å². The Hall–Kier alpha value is -2.94. The molecule has 24 heavy (non-hydrogen) atoms. The first-order valence-electron chi connectivity index (χ1n) is 8.16. The van der Waals surface area contributed by atoms with Crippen LogP contribution in [0.5, 0.6) is 0 Å². The summed E-state index contributed by atoms with van der Waals surface area (Å²) in [5, 5.41) is 0. The molecule has 2 aromatic carbocycles. The van der Waals surface area contributed by atoms with Crippen LogP contribution in [-0.2, 0) is 11.2 Å². The number of aliphatic imine (C=N–C) groups is 1. The normalized spacial score (nSPS) is 16.5. The third-order valence-corrected chi connectivity index (χ3v) is 4.06. The number of rotatable bonds is 4. The van der Waals surface area contributed by atoms with E-state index in [1.807, 2.05) is 42.5 Å². The van der Waals surface area contributed by atoms with Crippen LogP contribution in [0.1, 0.15) is 11.3 Å². The zero-order valence-corrected chi connectivity index (χ0v) is 13.3. The molecule has 4 rings (SSSR count). The molecule has 0 aliphatic carbocycles. The van der Waals surface area contributed by atoms with Gasteiger partial charge in [-0.2, -0.15) is 0 Å². The van der Waals surface area contributed by atoms with Crippen molar-refractivity contribution in [2.45, 2.75) is 12.5 Å². The Morgan fingerprint density at radius 3 is 2.29 bits per heavy atom. The van der Waals surface area contributed by atoms with Crippen molar-refractivity contribution in [2.24, 2.45) is 4.99 Å². The molecule has 0 amide bonds. The predicted molar refractivity (Wildman–Crippen MR) is 96.1 cm³/mol. The molecule has 0 radical (unpaired) electrons. The van der Waals surface area contributed by atoms with Crippen LogP contribution in [0.4, 0.5) is 0 Å². The smallest absolute Gasteiger partial charge is 0.235 e. The lowest BCUT2D eigenvalue weighted by atomic mass is 10.1. The maximum absolute atomic E-state index is 5.80. The lowest BCUT2D eigenvalue weighted by molar-refractivity contribution is 0.316. The van der Waals surface area contributed by atoms with E-state index in [4.69, 9.17) is 14.7 Å². The van der Waals surface area contributed by atoms with Crippen LogP contribution < -0.4 is 0 Å². The molecular weight excluding hydrogens is 296 g/mol. The van der Waals surface area contributed by atoms with Gasteiger partial charge in [-0.1, -0.05) is 66.7 Å². The third-order valence-electron chi connectivity index (χ3n) is 4.06. The monoisotopic (exact) mass is 314 g/mol. The Morgan fingerprint density at radius 1 is 0.792 bits per heavy atom. The van der Waals surface area contributed by atoms with Gasteiger partial charge in [0.2, 0.25) is 5.90 Å². The molecule has 1 aliphatic heterocycles. The molecule has 0 spiro atoms. The maximum atomic E-state index is 5.80. The quantitative estimate of drug-likeness (QED) is 0.725. The van der Waals surface area contributed by atoms with Crippen molar-refractivity contribution in [3.8, 4) is 11.3 Å². The minimum atomic E-state index is 0.157. The first kappa shape index (κ1) is 14.6. The van der Waals surface area contributed by atoms with E-state index in [9.17, 15) is 0 Å². The zero-order valence-electron chi connectivity index (χ0n) is 13.3. The van der Waals surface area contributed by atoms with Crippen molar-refractivity contribution in [1.29, 1.82) is 0 Å². The highest BCUT2D eigenvalue weighted by molar-refractivity contribution is 5.93. The molecule has 118 valence electrons. The van der Waals surface area contributed by atoms with E-state index in [1.165, 1.54) is 5.56 Å². The second-order valence-corrected chi connectivity index (χ2v) is 5.86. The number of hydrogen-bond donors (Lipinski definition) is 0. The van der Waals surface area contributed by atoms with Gasteiger partial charge in [0.15, 0.2) is 0 Å². The van der Waals surface area contributed by atoms with Crippen LogP contribution >= 0.6 is 0 Å². The summed E-state index contributed by atoms with van der Waals surface area (Å²) in [5.74, 6) is 0.647. The van der Waals surface area contributed by atoms with Crippen LogP contribution in [0.25, 0.3) is 11.3 Å². The molecule has 2 heterocycles. The van der Waals surface area contributed by atoms with Gasteiger partial charge in [-0.3, -0.25) is 0 Å². The Bertz CT molecular complexity index is 844. The molecule has 0 N–H and O–H groups in total. The topological polar surface area (TPSA) is 34.5 Å². The molecule has 1 unspecified atom stereocenters. The van der Waals surface area contributed by atoms with Gasteiger partial charge < -0.3 is 4.74 Å². The number of nitrogens with zero attached hydrogens (tertiary/aromatic N) is 2. The average Bonchev–Trinajstić information content (AvgIpc) is 3.12. The Balaban J connectivity index is 1.55. The van der Waals surface area contributed by atoms with Crippen molar-refractivity contribution in [1.82, 2.24) is 4.98 Å². The van der Waals surface area contributed by atoms with Crippen LogP contribution in [0.3, 0.4) is 0 Å². The van der Waals surface area contributed by atoms with Crippen molar-refractivity contribution in [3.63, 3.8) is 0 Å². The van der Waals surface area contributed by atoms with Crippen LogP contribution in [-0.4, -0.2) is 23.5 Å². The summed E-state index contributed by atoms with van der Waals surface area (Å²) in [6.45, 7) is 0.613. The second-order valence-electron chi connectivity index (χ2n) is 5.86. The molecule has 0 saturated heterocycles. The standard InChI is InChI=1S/C21H18N2O/c1-3-8-16(9-4-1)14-18-15-24-21(22-18)20-13-7-12-19(23-20)17-10-5-2-6-11-17/h1-13,18H,14-15H2. The van der Waals surface area contributed by atoms with Gasteiger partial charge in [0.25, 0.3) is 0 Å². The number of aromatic nitrogens is 1. The van der Waals surface area contributed by atoms with Gasteiger partial charge in [-0.05, 0) is 24.1 Å². The fraction of sp³-hybridized carbons (Fsp3) is 0.143. The zero-order chi connectivity index (χ0) is 16.2. The fourth-order valence-corrected chi connectivity index (χ4v) is 2.87. The van der Waals surface area contributed by atoms with E-state index in [0.29, 0.717) is 12.5 Å². The molecule has 1 atom stereocenters. The third kappa shape index (κ3) is 3.20. The summed E-state index contributed by atoms with van der Waals surface area (Å²) in [6, 6.07) is 26.7. The van der Waals surface area contributed by atoms with Gasteiger partial charge in [0.1, 0.15) is 12.3 Å². The lowest BCUT2D eigenvalue weighted by Crippen LogP contribution is -2.09. The molecule has 3 nitrogen and oxygen atoms in total. The number of ether oxygens (including phenoxy) is 1. The second kappa shape index (κ2) is 6.67. The van der Waals surface area contributed by atoms with E-state index in [-0.39, 0.29) is 6.04 Å². The summed E-state index contributed by atoms with van der Waals surface area (Å²) in [6.07, 6.45) is 0.892. The predicted octanol–water partition coefficient (Wildman–Crippen LogP) is 4.14. The maximum Gasteiger partial charge on any atom is 0.235 e. The Labute approximate surface area is 141 Å². The lowest BCUT2D eigenvalue weighted by Gasteiger charge is -2.04. The number of benzene rings is 2. The molecule has 0 bridgehead atoms. The molecule has 1 aromatic heterocycles. The Morgan fingerprint density at radius 2 is 1.50 bits per heavy atom. The Kier molecular flexibility index (Phi) is 4.07. The van der Waals surface area contributed by atoms with Crippen molar-refractivity contribution < 1.29 is 4.74 Å². The fourth-order valence-electron chi connectivity index (χ4n) is 2.87. The van der Waals surface area contributed by atoms with E-state index < -0.39 is 0 Å². The minimum absolute atomic E-state index is 0.157. The van der Waals surface area contributed by atoms with E-state index >= 15 is 0 Å². The van der Waals surface area contributed by atoms with Crippen molar-refractivity contribution in [3.05, 3.63) is 90.1 Å². The van der Waals surface area contributed by atoms with E-state index in [1.54, 1.807) is 0 Å². The van der Waals surface area contributed by atoms with Gasteiger partial charge in [0.05, 0.1) is 11.7 Å². The van der Waals surface area contributed by atoms with Gasteiger partial charge in [0, 0.05) is 5.56 Å². The molecule has 0 fully saturated rings. The van der Waals surface area contributed by atoms with Crippen LogP contribution in [0, 0.1) is 0 Å². The van der Waals surface area contributed by atoms with E-state index in [2.05, 4.69) is 36.4 Å². The van der Waals surface area contributed by atoms with E-state index in [0.717, 1.165) is 23.4 Å². The molecule has 3 aromatic rings. The van der Waals surface area contributed by atoms with Gasteiger partial charge in [-0.15, -0.1) is 0 Å². The highest BCUT2D eigenvalue weighted by Crippen LogP contribution is 2.19. The summed E-state index contributed by atoms with van der Waals surface area (Å²) in [7, 11) is 0. The van der Waals surface area contributed by atoms with Gasteiger partial charge in [-0.25, -0.2) is 9.98 Å². The molecule has 0 saturated carbocycles. The summed E-state index contributed by atoms with van der Waals surface area (Å²) in [4.78, 5) is 9.43. The van der Waals surface area contributed by atoms with Crippen LogP contribution in [0.15, 0.2) is 83.9 Å². The summed E-state index contributed by atoms with van der Waals surface area (Å²) < 4.78 is 5.80. The SMILES string of the molecule is c1ccc(CC2COC(c3cccc(-c4ccccc4)n3)=N2)cc1. The number of pyridine rings is 1. The van der Waals surface area contributed by atoms with Crippen molar-refractivity contribution >= 4 is 5.90 Å². The first-order chi connectivity index (χ1) is 11.9. The van der Waals surface area contributed by atoms with Crippen LogP contribution in [0.2, 0.25) is 0 Å². The minimum Gasteiger partial charge on any atom is -0.474 e. The average molecular weight is 314 g/mol. The first-order valence-corrected chi connectivity index (χ1v) is 8.16. The molecule has 1 aliphatic rings. The highest BCUT2D eigenvalue weighted by atomic mass is 16.5.